The molecule has 2 heterocycles. The topological polar surface area (TPSA) is 47.6 Å². The van der Waals surface area contributed by atoms with Crippen LogP contribution in [0, 0.1) is 5.92 Å². The summed E-state index contributed by atoms with van der Waals surface area (Å²) in [5.41, 5.74) is 0. The molecular formula is C15H27NO3. The quantitative estimate of drug-likeness (QED) is 0.684. The SMILES string of the molecule is COCCOCCCC(=O)C1CC2CCCC(C1)N2. The Morgan fingerprint density at radius 2 is 1.89 bits per heavy atom. The highest BCUT2D eigenvalue weighted by Crippen LogP contribution is 2.30. The van der Waals surface area contributed by atoms with Gasteiger partial charge in [0.2, 0.25) is 0 Å². The minimum Gasteiger partial charge on any atom is -0.382 e. The summed E-state index contributed by atoms with van der Waals surface area (Å²) in [4.78, 5) is 12.2. The zero-order valence-electron chi connectivity index (χ0n) is 12.0. The van der Waals surface area contributed by atoms with Crippen molar-refractivity contribution in [3.05, 3.63) is 0 Å². The van der Waals surface area contributed by atoms with Crippen LogP contribution in [-0.4, -0.2) is 44.8 Å². The molecule has 0 amide bonds. The number of hydrogen-bond donors (Lipinski definition) is 1. The van der Waals surface area contributed by atoms with Crippen molar-refractivity contribution in [2.24, 2.45) is 5.92 Å². The molecule has 110 valence electrons. The maximum atomic E-state index is 12.2. The Morgan fingerprint density at radius 1 is 1.16 bits per heavy atom. The lowest BCUT2D eigenvalue weighted by molar-refractivity contribution is -0.125. The average molecular weight is 269 g/mol. The van der Waals surface area contributed by atoms with Crippen molar-refractivity contribution in [2.75, 3.05) is 26.9 Å². The lowest BCUT2D eigenvalue weighted by atomic mass is 9.78. The largest absolute Gasteiger partial charge is 0.382 e. The Kier molecular flexibility index (Phi) is 6.28. The predicted molar refractivity (Wildman–Crippen MR) is 74.2 cm³/mol. The molecule has 0 aromatic rings. The fourth-order valence-electron chi connectivity index (χ4n) is 3.33. The first kappa shape index (κ1) is 14.9. The highest BCUT2D eigenvalue weighted by atomic mass is 16.5. The number of rotatable bonds is 8. The Bertz CT molecular complexity index is 271. The van der Waals surface area contributed by atoms with Gasteiger partial charge in [-0.15, -0.1) is 0 Å². The second kappa shape index (κ2) is 7.98. The highest BCUT2D eigenvalue weighted by Gasteiger charge is 2.33. The fourth-order valence-corrected chi connectivity index (χ4v) is 3.33. The molecule has 1 N–H and O–H groups in total. The summed E-state index contributed by atoms with van der Waals surface area (Å²) < 4.78 is 10.3. The van der Waals surface area contributed by atoms with Crippen LogP contribution in [-0.2, 0) is 14.3 Å². The van der Waals surface area contributed by atoms with E-state index in [-0.39, 0.29) is 0 Å². The summed E-state index contributed by atoms with van der Waals surface area (Å²) in [6.45, 7) is 1.93. The molecule has 0 aromatic heterocycles. The average Bonchev–Trinajstić information content (AvgIpc) is 2.42. The number of carbonyl (C=O) groups excluding carboxylic acids is 1. The van der Waals surface area contributed by atoms with Gasteiger partial charge in [-0.1, -0.05) is 6.42 Å². The first-order chi connectivity index (χ1) is 9.29. The number of nitrogens with one attached hydrogen (secondary N) is 1. The zero-order chi connectivity index (χ0) is 13.5. The van der Waals surface area contributed by atoms with E-state index in [9.17, 15) is 4.79 Å². The van der Waals surface area contributed by atoms with E-state index < -0.39 is 0 Å². The van der Waals surface area contributed by atoms with Crippen molar-refractivity contribution in [2.45, 2.75) is 57.0 Å². The standard InChI is InChI=1S/C15H27NO3/c1-18-8-9-19-7-3-6-15(17)12-10-13-4-2-5-14(11-12)16-13/h12-14,16H,2-11H2,1H3. The third-order valence-electron chi connectivity index (χ3n) is 4.31. The van der Waals surface area contributed by atoms with E-state index >= 15 is 0 Å². The van der Waals surface area contributed by atoms with Gasteiger partial charge in [0.25, 0.3) is 0 Å². The second-order valence-electron chi connectivity index (χ2n) is 5.83. The van der Waals surface area contributed by atoms with Crippen LogP contribution in [0.1, 0.15) is 44.9 Å². The minimum absolute atomic E-state index is 0.301. The molecule has 4 heteroatoms. The van der Waals surface area contributed by atoms with E-state index in [1.165, 1.54) is 19.3 Å². The van der Waals surface area contributed by atoms with Gasteiger partial charge in [-0.25, -0.2) is 0 Å². The number of hydrogen-bond acceptors (Lipinski definition) is 4. The van der Waals surface area contributed by atoms with Crippen LogP contribution in [0.4, 0.5) is 0 Å². The summed E-state index contributed by atoms with van der Waals surface area (Å²) in [6.07, 6.45) is 7.47. The monoisotopic (exact) mass is 269 g/mol. The summed E-state index contributed by atoms with van der Waals surface area (Å²) in [5.74, 6) is 0.754. The van der Waals surface area contributed by atoms with Crippen LogP contribution in [0.3, 0.4) is 0 Å². The molecule has 0 spiro atoms. The molecule has 19 heavy (non-hydrogen) atoms. The number of Topliss-reactive ketones (excluding diaryl/α,β-unsaturated/α-hetero) is 1. The molecule has 2 rings (SSSR count). The molecule has 4 nitrogen and oxygen atoms in total. The third kappa shape index (κ3) is 4.86. The van der Waals surface area contributed by atoms with Crippen molar-refractivity contribution in [3.8, 4) is 0 Å². The zero-order valence-corrected chi connectivity index (χ0v) is 12.0. The molecule has 0 saturated carbocycles. The lowest BCUT2D eigenvalue weighted by Crippen LogP contribution is -2.50. The Hall–Kier alpha value is -0.450. The summed E-state index contributed by atoms with van der Waals surface area (Å²) in [7, 11) is 1.67. The summed E-state index contributed by atoms with van der Waals surface area (Å²) in [5, 5.41) is 3.64. The van der Waals surface area contributed by atoms with Crippen LogP contribution < -0.4 is 5.32 Å². The van der Waals surface area contributed by atoms with Crippen molar-refractivity contribution < 1.29 is 14.3 Å². The molecule has 2 aliphatic heterocycles. The number of piperidine rings is 2. The van der Waals surface area contributed by atoms with Crippen LogP contribution in [0.5, 0.6) is 0 Å². The third-order valence-corrected chi connectivity index (χ3v) is 4.31. The molecule has 2 saturated heterocycles. The van der Waals surface area contributed by atoms with Crippen molar-refractivity contribution in [3.63, 3.8) is 0 Å². The first-order valence-electron chi connectivity index (χ1n) is 7.65. The number of ketones is 1. The first-order valence-corrected chi connectivity index (χ1v) is 7.65. The minimum atomic E-state index is 0.301. The maximum Gasteiger partial charge on any atom is 0.136 e. The molecule has 2 unspecified atom stereocenters. The van der Waals surface area contributed by atoms with Crippen LogP contribution in [0.25, 0.3) is 0 Å². The van der Waals surface area contributed by atoms with E-state index in [1.807, 2.05) is 0 Å². The number of ether oxygens (including phenoxy) is 2. The van der Waals surface area contributed by atoms with Gasteiger partial charge in [0.05, 0.1) is 13.2 Å². The van der Waals surface area contributed by atoms with Crippen molar-refractivity contribution in [1.82, 2.24) is 5.32 Å². The van der Waals surface area contributed by atoms with Gasteiger partial charge in [-0.2, -0.15) is 0 Å². The van der Waals surface area contributed by atoms with Gasteiger partial charge < -0.3 is 14.8 Å². The maximum absolute atomic E-state index is 12.2. The van der Waals surface area contributed by atoms with E-state index in [0.29, 0.717) is 50.0 Å². The van der Waals surface area contributed by atoms with Crippen molar-refractivity contribution >= 4 is 5.78 Å². The smallest absolute Gasteiger partial charge is 0.136 e. The predicted octanol–water partition coefficient (Wildman–Crippen LogP) is 1.92. The van der Waals surface area contributed by atoms with E-state index in [4.69, 9.17) is 9.47 Å². The summed E-state index contributed by atoms with van der Waals surface area (Å²) in [6, 6.07) is 1.19. The van der Waals surface area contributed by atoms with E-state index in [1.54, 1.807) is 7.11 Å². The lowest BCUT2D eigenvalue weighted by Gasteiger charge is -2.39. The second-order valence-corrected chi connectivity index (χ2v) is 5.83. The summed E-state index contributed by atoms with van der Waals surface area (Å²) >= 11 is 0. The number of fused-ring (bicyclic) bond motifs is 2. The molecule has 0 aromatic carbocycles. The Morgan fingerprint density at radius 3 is 2.58 bits per heavy atom. The van der Waals surface area contributed by atoms with Crippen LogP contribution in [0.15, 0.2) is 0 Å². The van der Waals surface area contributed by atoms with Gasteiger partial charge in [0, 0.05) is 38.1 Å². The van der Waals surface area contributed by atoms with Gasteiger partial charge in [0.1, 0.15) is 5.78 Å². The molecule has 2 aliphatic rings. The van der Waals surface area contributed by atoms with Gasteiger partial charge in [-0.05, 0) is 32.1 Å². The van der Waals surface area contributed by atoms with Crippen LogP contribution in [0.2, 0.25) is 0 Å². The van der Waals surface area contributed by atoms with Crippen LogP contribution >= 0.6 is 0 Å². The van der Waals surface area contributed by atoms with E-state index in [2.05, 4.69) is 5.32 Å². The van der Waals surface area contributed by atoms with E-state index in [0.717, 1.165) is 19.3 Å². The molecule has 2 fully saturated rings. The number of methoxy groups -OCH3 is 1. The highest BCUT2D eigenvalue weighted by molar-refractivity contribution is 5.81. The fraction of sp³-hybridized carbons (Fsp3) is 0.933. The Labute approximate surface area is 116 Å². The van der Waals surface area contributed by atoms with Crippen molar-refractivity contribution in [1.29, 1.82) is 0 Å². The van der Waals surface area contributed by atoms with Gasteiger partial charge in [0.15, 0.2) is 0 Å². The molecule has 0 radical (unpaired) electrons. The molecule has 2 atom stereocenters. The molecule has 0 aliphatic carbocycles. The normalized spacial score (nSPS) is 30.3. The Balaban J connectivity index is 1.60. The molecule has 2 bridgehead atoms. The van der Waals surface area contributed by atoms with Gasteiger partial charge >= 0.3 is 0 Å². The molecular weight excluding hydrogens is 242 g/mol. The number of carbonyl (C=O) groups is 1. The van der Waals surface area contributed by atoms with Gasteiger partial charge in [-0.3, -0.25) is 4.79 Å².